The van der Waals surface area contributed by atoms with Gasteiger partial charge in [-0.15, -0.1) is 0 Å². The van der Waals surface area contributed by atoms with E-state index >= 15 is 0 Å². The number of pyridine rings is 1. The monoisotopic (exact) mass is 493 g/mol. The van der Waals surface area contributed by atoms with Crippen LogP contribution >= 0.6 is 0 Å². The predicted molar refractivity (Wildman–Crippen MR) is 144 cm³/mol. The van der Waals surface area contributed by atoms with E-state index < -0.39 is 0 Å². The molecule has 9 heteroatoms. The highest BCUT2D eigenvalue weighted by atomic mass is 16.5. The molecule has 2 fully saturated rings. The molecule has 0 radical (unpaired) electrons. The maximum absolute atomic E-state index is 13.4. The highest BCUT2D eigenvalue weighted by molar-refractivity contribution is 5.99. The Morgan fingerprint density at radius 1 is 1.00 bits per heavy atom. The third kappa shape index (κ3) is 4.21. The quantitative estimate of drug-likeness (QED) is 0.325. The molecular formula is C28H27N7O2. The first kappa shape index (κ1) is 22.0. The van der Waals surface area contributed by atoms with Gasteiger partial charge in [0, 0.05) is 42.0 Å². The normalized spacial score (nSPS) is 15.9. The van der Waals surface area contributed by atoms with E-state index in [1.807, 2.05) is 42.6 Å². The van der Waals surface area contributed by atoms with Crippen LogP contribution in [0.1, 0.15) is 30.3 Å². The molecule has 7 rings (SSSR count). The SMILES string of the molecule is O=c1[nH]c2ccccc2c(NCc2nccc(C3CC3)n2)c1-c1nc2ccc(N3CCOCC3)cc2[nH]1. The molecule has 5 aromatic rings. The van der Waals surface area contributed by atoms with Crippen molar-refractivity contribution in [3.63, 3.8) is 0 Å². The lowest BCUT2D eigenvalue weighted by molar-refractivity contribution is 0.122. The number of rotatable bonds is 6. The summed E-state index contributed by atoms with van der Waals surface area (Å²) < 4.78 is 5.49. The van der Waals surface area contributed by atoms with E-state index in [0.717, 1.165) is 59.6 Å². The van der Waals surface area contributed by atoms with Crippen LogP contribution in [-0.4, -0.2) is 51.2 Å². The number of fused-ring (bicyclic) bond motifs is 2. The van der Waals surface area contributed by atoms with Crippen LogP contribution in [0.5, 0.6) is 0 Å². The van der Waals surface area contributed by atoms with Gasteiger partial charge < -0.3 is 24.9 Å². The zero-order valence-electron chi connectivity index (χ0n) is 20.3. The number of anilines is 2. The topological polar surface area (TPSA) is 112 Å². The van der Waals surface area contributed by atoms with Crippen LogP contribution in [0.2, 0.25) is 0 Å². The van der Waals surface area contributed by atoms with Crippen molar-refractivity contribution in [2.24, 2.45) is 0 Å². The fraction of sp³-hybridized carbons (Fsp3) is 0.286. The molecule has 0 atom stereocenters. The van der Waals surface area contributed by atoms with Gasteiger partial charge in [-0.1, -0.05) is 18.2 Å². The van der Waals surface area contributed by atoms with Crippen molar-refractivity contribution in [3.8, 4) is 11.4 Å². The standard InChI is InChI=1S/C28H27N7O2/c36-28-25(27-32-22-8-7-18(15-23(22)33-27)35-11-13-37-14-12-35)26(19-3-1-2-4-21(19)34-28)30-16-24-29-10-9-20(31-24)17-5-6-17/h1-4,7-10,15,17H,5-6,11-14,16H2,(H,32,33)(H2,30,34,36). The number of hydrogen-bond acceptors (Lipinski definition) is 7. The van der Waals surface area contributed by atoms with Crippen molar-refractivity contribution < 1.29 is 4.74 Å². The Labute approximate surface area is 212 Å². The molecule has 3 N–H and O–H groups in total. The molecule has 0 unspecified atom stereocenters. The lowest BCUT2D eigenvalue weighted by atomic mass is 10.1. The molecule has 2 aromatic carbocycles. The number of H-pyrrole nitrogens is 2. The first-order chi connectivity index (χ1) is 18.2. The van der Waals surface area contributed by atoms with E-state index in [1.165, 1.54) is 12.8 Å². The second-order valence-electron chi connectivity index (χ2n) is 9.66. The Bertz CT molecular complexity index is 1660. The van der Waals surface area contributed by atoms with E-state index in [2.05, 4.69) is 37.3 Å². The van der Waals surface area contributed by atoms with Gasteiger partial charge in [0.2, 0.25) is 0 Å². The van der Waals surface area contributed by atoms with Gasteiger partial charge in [-0.25, -0.2) is 15.0 Å². The summed E-state index contributed by atoms with van der Waals surface area (Å²) in [5.41, 5.74) is 5.65. The molecule has 1 aliphatic heterocycles. The third-order valence-electron chi connectivity index (χ3n) is 7.15. The largest absolute Gasteiger partial charge is 0.378 e. The summed E-state index contributed by atoms with van der Waals surface area (Å²) in [7, 11) is 0. The van der Waals surface area contributed by atoms with Crippen molar-refractivity contribution in [2.75, 3.05) is 36.5 Å². The Kier molecular flexibility index (Phi) is 5.35. The number of hydrogen-bond donors (Lipinski definition) is 3. The van der Waals surface area contributed by atoms with Gasteiger partial charge in [0.15, 0.2) is 0 Å². The predicted octanol–water partition coefficient (Wildman–Crippen LogP) is 4.19. The van der Waals surface area contributed by atoms with Gasteiger partial charge in [-0.05, 0) is 43.2 Å². The summed E-state index contributed by atoms with van der Waals surface area (Å²) in [4.78, 5) is 36.2. The molecular weight excluding hydrogens is 466 g/mol. The number of aromatic amines is 2. The lowest BCUT2D eigenvalue weighted by Gasteiger charge is -2.28. The van der Waals surface area contributed by atoms with Crippen LogP contribution in [0.4, 0.5) is 11.4 Å². The van der Waals surface area contributed by atoms with Crippen LogP contribution in [0.15, 0.2) is 59.5 Å². The van der Waals surface area contributed by atoms with Gasteiger partial charge in [0.05, 0.1) is 42.0 Å². The number of benzene rings is 2. The van der Waals surface area contributed by atoms with Crippen LogP contribution in [-0.2, 0) is 11.3 Å². The Hall–Kier alpha value is -4.24. The van der Waals surface area contributed by atoms with E-state index in [9.17, 15) is 4.79 Å². The minimum Gasteiger partial charge on any atom is -0.378 e. The molecule has 186 valence electrons. The Morgan fingerprint density at radius 2 is 1.86 bits per heavy atom. The maximum atomic E-state index is 13.4. The summed E-state index contributed by atoms with van der Waals surface area (Å²) >= 11 is 0. The van der Waals surface area contributed by atoms with E-state index in [4.69, 9.17) is 14.7 Å². The van der Waals surface area contributed by atoms with Gasteiger partial charge in [-0.3, -0.25) is 4.79 Å². The van der Waals surface area contributed by atoms with E-state index in [0.29, 0.717) is 35.4 Å². The molecule has 1 saturated carbocycles. The van der Waals surface area contributed by atoms with Crippen LogP contribution in [0.3, 0.4) is 0 Å². The molecule has 3 aromatic heterocycles. The van der Waals surface area contributed by atoms with Crippen LogP contribution in [0.25, 0.3) is 33.3 Å². The number of para-hydroxylation sites is 1. The number of aromatic nitrogens is 5. The molecule has 1 saturated heterocycles. The minimum absolute atomic E-state index is 0.207. The Balaban J connectivity index is 1.29. The highest BCUT2D eigenvalue weighted by Crippen LogP contribution is 2.38. The van der Waals surface area contributed by atoms with E-state index in [1.54, 1.807) is 0 Å². The van der Waals surface area contributed by atoms with Crippen molar-refractivity contribution in [1.29, 1.82) is 0 Å². The first-order valence-electron chi connectivity index (χ1n) is 12.8. The first-order valence-corrected chi connectivity index (χ1v) is 12.8. The van der Waals surface area contributed by atoms with Crippen molar-refractivity contribution >= 4 is 33.3 Å². The number of imidazole rings is 1. The molecule has 9 nitrogen and oxygen atoms in total. The molecule has 4 heterocycles. The van der Waals surface area contributed by atoms with Gasteiger partial charge in [0.25, 0.3) is 5.56 Å². The van der Waals surface area contributed by atoms with Crippen LogP contribution < -0.4 is 15.8 Å². The molecule has 0 amide bonds. The molecule has 0 spiro atoms. The number of ether oxygens (including phenoxy) is 1. The smallest absolute Gasteiger partial charge is 0.261 e. The lowest BCUT2D eigenvalue weighted by Crippen LogP contribution is -2.36. The molecule has 1 aliphatic carbocycles. The summed E-state index contributed by atoms with van der Waals surface area (Å²) in [6.07, 6.45) is 4.19. The fourth-order valence-corrected chi connectivity index (χ4v) is 5.06. The number of nitrogens with zero attached hydrogens (tertiary/aromatic N) is 4. The van der Waals surface area contributed by atoms with Crippen LogP contribution in [0, 0.1) is 0 Å². The van der Waals surface area contributed by atoms with Crippen molar-refractivity contribution in [2.45, 2.75) is 25.3 Å². The van der Waals surface area contributed by atoms with Crippen molar-refractivity contribution in [1.82, 2.24) is 24.9 Å². The van der Waals surface area contributed by atoms with Gasteiger partial charge in [0.1, 0.15) is 17.2 Å². The average molecular weight is 494 g/mol. The zero-order valence-corrected chi connectivity index (χ0v) is 20.3. The zero-order chi connectivity index (χ0) is 24.8. The number of nitrogens with one attached hydrogen (secondary N) is 3. The van der Waals surface area contributed by atoms with Gasteiger partial charge in [-0.2, -0.15) is 0 Å². The summed E-state index contributed by atoms with van der Waals surface area (Å²) in [5, 5.41) is 4.39. The Morgan fingerprint density at radius 3 is 2.73 bits per heavy atom. The second-order valence-corrected chi connectivity index (χ2v) is 9.66. The summed E-state index contributed by atoms with van der Waals surface area (Å²) in [6, 6.07) is 15.9. The average Bonchev–Trinajstić information content (AvgIpc) is 3.71. The van der Waals surface area contributed by atoms with Gasteiger partial charge >= 0.3 is 0 Å². The highest BCUT2D eigenvalue weighted by Gasteiger charge is 2.25. The summed E-state index contributed by atoms with van der Waals surface area (Å²) in [6.45, 7) is 3.56. The third-order valence-corrected chi connectivity index (χ3v) is 7.15. The molecule has 37 heavy (non-hydrogen) atoms. The maximum Gasteiger partial charge on any atom is 0.261 e. The summed E-state index contributed by atoms with van der Waals surface area (Å²) in [5.74, 6) is 1.78. The number of morpholine rings is 1. The molecule has 2 aliphatic rings. The van der Waals surface area contributed by atoms with Crippen molar-refractivity contribution in [3.05, 3.63) is 76.6 Å². The van der Waals surface area contributed by atoms with E-state index in [-0.39, 0.29) is 5.56 Å². The molecule has 0 bridgehead atoms. The second kappa shape index (κ2) is 9.01. The minimum atomic E-state index is -0.207. The fourth-order valence-electron chi connectivity index (χ4n) is 5.06.